The van der Waals surface area contributed by atoms with E-state index in [-0.39, 0.29) is 5.91 Å². The molecule has 0 heterocycles. The molecular formula is C15H24N2O2. The topological polar surface area (TPSA) is 50.4 Å². The smallest absolute Gasteiger partial charge is 0.221 e. The molecule has 0 bridgehead atoms. The van der Waals surface area contributed by atoms with Crippen LogP contribution in [0.1, 0.15) is 25.8 Å². The van der Waals surface area contributed by atoms with Crippen molar-refractivity contribution >= 4 is 5.91 Å². The van der Waals surface area contributed by atoms with Gasteiger partial charge in [-0.15, -0.1) is 0 Å². The summed E-state index contributed by atoms with van der Waals surface area (Å²) in [5, 5.41) is 6.16. The van der Waals surface area contributed by atoms with Crippen LogP contribution in [-0.2, 0) is 11.3 Å². The van der Waals surface area contributed by atoms with Crippen LogP contribution < -0.4 is 15.4 Å². The van der Waals surface area contributed by atoms with Crippen LogP contribution >= 0.6 is 0 Å². The highest BCUT2D eigenvalue weighted by Gasteiger charge is 2.01. The van der Waals surface area contributed by atoms with Crippen LogP contribution in [0.3, 0.4) is 0 Å². The molecule has 19 heavy (non-hydrogen) atoms. The average Bonchev–Trinajstić information content (AvgIpc) is 2.41. The third-order valence-electron chi connectivity index (χ3n) is 2.73. The number of benzene rings is 1. The fourth-order valence-corrected chi connectivity index (χ4v) is 1.63. The minimum absolute atomic E-state index is 0.0760. The van der Waals surface area contributed by atoms with E-state index < -0.39 is 0 Å². The summed E-state index contributed by atoms with van der Waals surface area (Å²) in [6.07, 6.45) is 0.517. The third kappa shape index (κ3) is 6.82. The van der Waals surface area contributed by atoms with Crippen LogP contribution in [0.15, 0.2) is 24.3 Å². The van der Waals surface area contributed by atoms with E-state index in [4.69, 9.17) is 4.74 Å². The molecule has 0 aliphatic rings. The molecule has 0 aliphatic heterocycles. The van der Waals surface area contributed by atoms with Gasteiger partial charge in [0.1, 0.15) is 5.75 Å². The number of methoxy groups -OCH3 is 1. The molecule has 106 valence electrons. The highest BCUT2D eigenvalue weighted by Crippen LogP contribution is 2.10. The lowest BCUT2D eigenvalue weighted by Crippen LogP contribution is -2.28. The first kappa shape index (κ1) is 15.5. The van der Waals surface area contributed by atoms with Crippen molar-refractivity contribution in [3.63, 3.8) is 0 Å². The molecule has 0 atom stereocenters. The van der Waals surface area contributed by atoms with Gasteiger partial charge in [-0.3, -0.25) is 4.79 Å². The number of carbonyl (C=O) groups excluding carboxylic acids is 1. The number of hydrogen-bond acceptors (Lipinski definition) is 3. The van der Waals surface area contributed by atoms with Gasteiger partial charge in [-0.1, -0.05) is 26.0 Å². The van der Waals surface area contributed by atoms with Crippen LogP contribution in [0.25, 0.3) is 0 Å². The number of carbonyl (C=O) groups is 1. The van der Waals surface area contributed by atoms with Crippen molar-refractivity contribution in [2.24, 2.45) is 5.92 Å². The first-order valence-electron chi connectivity index (χ1n) is 6.72. The number of hydrogen-bond donors (Lipinski definition) is 2. The van der Waals surface area contributed by atoms with E-state index in [0.29, 0.717) is 18.9 Å². The highest BCUT2D eigenvalue weighted by atomic mass is 16.5. The normalized spacial score (nSPS) is 10.5. The molecule has 1 amide bonds. The molecule has 1 rings (SSSR count). The van der Waals surface area contributed by atoms with Crippen molar-refractivity contribution in [1.82, 2.24) is 10.6 Å². The summed E-state index contributed by atoms with van der Waals surface area (Å²) in [5.74, 6) is 1.52. The van der Waals surface area contributed by atoms with Gasteiger partial charge in [0, 0.05) is 19.5 Å². The van der Waals surface area contributed by atoms with Gasteiger partial charge in [0.05, 0.1) is 7.11 Å². The van der Waals surface area contributed by atoms with E-state index in [1.807, 2.05) is 24.3 Å². The summed E-state index contributed by atoms with van der Waals surface area (Å²) in [6.45, 7) is 6.54. The standard InChI is InChI=1S/C15H24N2O2/c1-12(2)10-16-9-8-15(18)17-11-13-4-6-14(19-3)7-5-13/h4-7,12,16H,8-11H2,1-3H3,(H,17,18). The van der Waals surface area contributed by atoms with Crippen LogP contribution in [0.4, 0.5) is 0 Å². The molecule has 0 radical (unpaired) electrons. The van der Waals surface area contributed by atoms with Crippen molar-refractivity contribution in [2.45, 2.75) is 26.8 Å². The average molecular weight is 264 g/mol. The van der Waals surface area contributed by atoms with Gasteiger partial charge in [-0.25, -0.2) is 0 Å². The lowest BCUT2D eigenvalue weighted by molar-refractivity contribution is -0.121. The van der Waals surface area contributed by atoms with E-state index in [0.717, 1.165) is 24.4 Å². The number of nitrogens with one attached hydrogen (secondary N) is 2. The predicted octanol–water partition coefficient (Wildman–Crippen LogP) is 1.95. The van der Waals surface area contributed by atoms with E-state index in [1.54, 1.807) is 7.11 Å². The lowest BCUT2D eigenvalue weighted by atomic mass is 10.2. The molecule has 0 aliphatic carbocycles. The molecule has 4 nitrogen and oxygen atoms in total. The summed E-state index contributed by atoms with van der Waals surface area (Å²) in [6, 6.07) is 7.70. The van der Waals surface area contributed by atoms with Gasteiger partial charge in [0.25, 0.3) is 0 Å². The third-order valence-corrected chi connectivity index (χ3v) is 2.73. The van der Waals surface area contributed by atoms with Crippen molar-refractivity contribution in [3.8, 4) is 5.75 Å². The molecule has 1 aromatic rings. The maximum absolute atomic E-state index is 11.6. The number of amides is 1. The molecule has 0 saturated carbocycles. The van der Waals surface area contributed by atoms with Crippen molar-refractivity contribution in [3.05, 3.63) is 29.8 Å². The minimum Gasteiger partial charge on any atom is -0.497 e. The number of ether oxygens (including phenoxy) is 1. The lowest BCUT2D eigenvalue weighted by Gasteiger charge is -2.08. The fourth-order valence-electron chi connectivity index (χ4n) is 1.63. The SMILES string of the molecule is COc1ccc(CNC(=O)CCNCC(C)C)cc1. The van der Waals surface area contributed by atoms with Gasteiger partial charge < -0.3 is 15.4 Å². The van der Waals surface area contributed by atoms with Crippen LogP contribution in [-0.4, -0.2) is 26.1 Å². The summed E-state index contributed by atoms with van der Waals surface area (Å²) >= 11 is 0. The summed E-state index contributed by atoms with van der Waals surface area (Å²) in [5.41, 5.74) is 1.07. The van der Waals surface area contributed by atoms with Crippen molar-refractivity contribution < 1.29 is 9.53 Å². The van der Waals surface area contributed by atoms with Crippen LogP contribution in [0, 0.1) is 5.92 Å². The van der Waals surface area contributed by atoms with E-state index in [1.165, 1.54) is 0 Å². The predicted molar refractivity (Wildman–Crippen MR) is 77.2 cm³/mol. The number of rotatable bonds is 8. The van der Waals surface area contributed by atoms with Gasteiger partial charge >= 0.3 is 0 Å². The highest BCUT2D eigenvalue weighted by molar-refractivity contribution is 5.76. The van der Waals surface area contributed by atoms with Gasteiger partial charge in [-0.2, -0.15) is 0 Å². The molecule has 0 unspecified atom stereocenters. The van der Waals surface area contributed by atoms with Crippen LogP contribution in [0.2, 0.25) is 0 Å². The Kier molecular flexibility index (Phi) is 6.97. The van der Waals surface area contributed by atoms with Gasteiger partial charge in [0.15, 0.2) is 0 Å². The second-order valence-corrected chi connectivity index (χ2v) is 4.97. The molecule has 2 N–H and O–H groups in total. The largest absolute Gasteiger partial charge is 0.497 e. The molecule has 4 heteroatoms. The Bertz CT molecular complexity index is 374. The van der Waals surface area contributed by atoms with Gasteiger partial charge in [0.2, 0.25) is 5.91 Å². The Morgan fingerprint density at radius 3 is 2.53 bits per heavy atom. The second kappa shape index (κ2) is 8.53. The Hall–Kier alpha value is -1.55. The zero-order chi connectivity index (χ0) is 14.1. The first-order chi connectivity index (χ1) is 9.11. The van der Waals surface area contributed by atoms with Gasteiger partial charge in [-0.05, 0) is 30.2 Å². The van der Waals surface area contributed by atoms with E-state index >= 15 is 0 Å². The van der Waals surface area contributed by atoms with Crippen molar-refractivity contribution in [2.75, 3.05) is 20.2 Å². The molecular weight excluding hydrogens is 240 g/mol. The Morgan fingerprint density at radius 2 is 1.95 bits per heavy atom. The zero-order valence-corrected chi connectivity index (χ0v) is 12.0. The van der Waals surface area contributed by atoms with Crippen molar-refractivity contribution in [1.29, 1.82) is 0 Å². The molecule has 0 spiro atoms. The Labute approximate surface area is 115 Å². The molecule has 0 fully saturated rings. The maximum Gasteiger partial charge on any atom is 0.221 e. The monoisotopic (exact) mass is 264 g/mol. The molecule has 0 aromatic heterocycles. The fraction of sp³-hybridized carbons (Fsp3) is 0.533. The molecule has 0 saturated heterocycles. The van der Waals surface area contributed by atoms with E-state index in [9.17, 15) is 4.79 Å². The maximum atomic E-state index is 11.6. The first-order valence-corrected chi connectivity index (χ1v) is 6.72. The summed E-state index contributed by atoms with van der Waals surface area (Å²) < 4.78 is 5.08. The van der Waals surface area contributed by atoms with Crippen LogP contribution in [0.5, 0.6) is 5.75 Å². The molecule has 1 aromatic carbocycles. The minimum atomic E-state index is 0.0760. The van der Waals surface area contributed by atoms with E-state index in [2.05, 4.69) is 24.5 Å². The quantitative estimate of drug-likeness (QED) is 0.706. The zero-order valence-electron chi connectivity index (χ0n) is 12.0. The Morgan fingerprint density at radius 1 is 1.26 bits per heavy atom. The second-order valence-electron chi connectivity index (χ2n) is 4.97. The summed E-state index contributed by atoms with van der Waals surface area (Å²) in [4.78, 5) is 11.6. The Balaban J connectivity index is 2.18. The summed E-state index contributed by atoms with van der Waals surface area (Å²) in [7, 11) is 1.64.